The van der Waals surface area contributed by atoms with E-state index in [1.807, 2.05) is 60.3 Å². The van der Waals surface area contributed by atoms with Gasteiger partial charge < -0.3 is 14.4 Å². The maximum atomic E-state index is 13.5. The summed E-state index contributed by atoms with van der Waals surface area (Å²) in [5.74, 6) is 1.78. The van der Waals surface area contributed by atoms with Crippen LogP contribution >= 0.6 is 0 Å². The molecule has 0 aliphatic carbocycles. The Labute approximate surface area is 324 Å². The third-order valence-electron chi connectivity index (χ3n) is 8.20. The van der Waals surface area contributed by atoms with Gasteiger partial charge in [-0.1, -0.05) is 6.07 Å². The number of fused-ring (bicyclic) bond motifs is 1. The third-order valence-corrected chi connectivity index (χ3v) is 8.20. The Morgan fingerprint density at radius 1 is 0.800 bits per heavy atom. The molecule has 2 aliphatic rings. The fourth-order valence-electron chi connectivity index (χ4n) is 5.90. The predicted octanol–water partition coefficient (Wildman–Crippen LogP) is 6.31. The van der Waals surface area contributed by atoms with Gasteiger partial charge in [0.2, 0.25) is 5.96 Å². The normalized spacial score (nSPS) is 15.0. The van der Waals surface area contributed by atoms with E-state index in [2.05, 4.69) is 20.9 Å². The van der Waals surface area contributed by atoms with Crippen molar-refractivity contribution < 1.29 is 33.4 Å². The Bertz CT molecular complexity index is 1950. The number of aliphatic imine (C=N–C) groups is 1. The van der Waals surface area contributed by atoms with Crippen molar-refractivity contribution in [3.63, 3.8) is 0 Å². The van der Waals surface area contributed by atoms with Gasteiger partial charge in [-0.25, -0.2) is 9.59 Å². The van der Waals surface area contributed by atoms with Crippen LogP contribution < -0.4 is 16.0 Å². The Morgan fingerprint density at radius 2 is 1.44 bits per heavy atom. The zero-order chi connectivity index (χ0) is 40.7. The number of hydrogen-bond donors (Lipinski definition) is 3. The number of nitriles is 1. The molecule has 4 rings (SSSR count). The molecule has 2 aromatic carbocycles. The average molecular weight is 754 g/mol. The fraction of sp³-hybridized carbons (Fsp3) is 0.475. The summed E-state index contributed by atoms with van der Waals surface area (Å²) in [6, 6.07) is 11.4. The van der Waals surface area contributed by atoms with E-state index in [0.29, 0.717) is 56.0 Å². The summed E-state index contributed by atoms with van der Waals surface area (Å²) in [4.78, 5) is 58.8. The minimum atomic E-state index is -0.833. The van der Waals surface area contributed by atoms with Crippen molar-refractivity contribution in [3.05, 3.63) is 70.3 Å². The van der Waals surface area contributed by atoms with E-state index >= 15 is 0 Å². The third kappa shape index (κ3) is 13.0. The molecule has 2 heterocycles. The van der Waals surface area contributed by atoms with Gasteiger partial charge in [0.25, 0.3) is 0 Å². The molecule has 0 radical (unpaired) electrons. The number of guanidine groups is 1. The fourth-order valence-corrected chi connectivity index (χ4v) is 5.90. The zero-order valence-electron chi connectivity index (χ0n) is 33.5. The van der Waals surface area contributed by atoms with Gasteiger partial charge in [-0.3, -0.25) is 5.32 Å². The van der Waals surface area contributed by atoms with Crippen molar-refractivity contribution in [1.29, 1.82) is 5.26 Å². The van der Waals surface area contributed by atoms with E-state index in [9.17, 15) is 24.4 Å². The van der Waals surface area contributed by atoms with Crippen molar-refractivity contribution in [2.45, 2.75) is 105 Å². The molecule has 0 spiro atoms. The van der Waals surface area contributed by atoms with Crippen molar-refractivity contribution in [1.82, 2.24) is 20.4 Å². The summed E-state index contributed by atoms with van der Waals surface area (Å²) in [6.07, 6.45) is 1.08. The molecule has 0 atom stereocenters. The molecule has 292 valence electrons. The molecule has 0 bridgehead atoms. The summed E-state index contributed by atoms with van der Waals surface area (Å²) in [5.41, 5.74) is 4.26. The Hall–Kier alpha value is -5.65. The Kier molecular flexibility index (Phi) is 13.2. The van der Waals surface area contributed by atoms with E-state index in [0.717, 1.165) is 27.8 Å². The number of anilines is 1. The number of aryl methyl sites for hydroxylation is 1. The first-order valence-corrected chi connectivity index (χ1v) is 18.2. The molecule has 0 unspecified atom stereocenters. The van der Waals surface area contributed by atoms with Crippen LogP contribution in [0.4, 0.5) is 20.1 Å². The number of amides is 4. The number of ether oxygens (including phenoxy) is 3. The van der Waals surface area contributed by atoms with E-state index < -0.39 is 35.1 Å². The standard InChI is InChI=1S/C40H52BN7O7/c1-25-21-27(26-15-18-47(19-16-26)33(41-24-42)44-35(50)53-38(2,3)4)12-14-31(25)32(49)43-30-13-11-29-23-48(20-17-28(29)22-30)34(45-36(51)54-39(5,6)7)46-37(52)55-40(8,9)10/h11-15,21-22H,16-20,23H2,1-10H3,(H,43,49)(H,44,50)(H,45,46,51,52). The molecule has 0 saturated carbocycles. The van der Waals surface area contributed by atoms with Gasteiger partial charge >= 0.3 is 183 Å². The number of benzene rings is 2. The van der Waals surface area contributed by atoms with Crippen LogP contribution in [0.25, 0.3) is 5.57 Å². The topological polar surface area (TPSA) is 175 Å². The van der Waals surface area contributed by atoms with Gasteiger partial charge in [0.05, 0.1) is 0 Å². The van der Waals surface area contributed by atoms with Crippen LogP contribution in [0.15, 0.2) is 47.5 Å². The minimum absolute atomic E-state index is 0.0301. The van der Waals surface area contributed by atoms with Crippen LogP contribution in [0, 0.1) is 18.2 Å². The van der Waals surface area contributed by atoms with Crippen LogP contribution in [-0.4, -0.2) is 89.0 Å². The first-order chi connectivity index (χ1) is 25.6. The van der Waals surface area contributed by atoms with Gasteiger partial charge in [0, 0.05) is 13.1 Å². The van der Waals surface area contributed by atoms with Crippen LogP contribution in [0.3, 0.4) is 0 Å². The molecule has 0 aromatic heterocycles. The van der Waals surface area contributed by atoms with E-state index in [1.165, 1.54) is 6.92 Å². The van der Waals surface area contributed by atoms with Crippen LogP contribution in [-0.2, 0) is 27.2 Å². The molecule has 0 saturated heterocycles. The smallest absolute Gasteiger partial charge is 0.444 e. The molecule has 15 heteroatoms. The number of carbonyl (C=O) groups excluding carboxylic acids is 4. The summed E-state index contributed by atoms with van der Waals surface area (Å²) in [5, 5.41) is 17.6. The van der Waals surface area contributed by atoms with E-state index in [-0.39, 0.29) is 11.9 Å². The van der Waals surface area contributed by atoms with Gasteiger partial charge in [0.1, 0.15) is 11.2 Å². The predicted molar refractivity (Wildman–Crippen MR) is 213 cm³/mol. The second-order valence-electron chi connectivity index (χ2n) is 16.4. The van der Waals surface area contributed by atoms with Crippen LogP contribution in [0.1, 0.15) is 101 Å². The molecule has 3 N–H and O–H groups in total. The second-order valence-corrected chi connectivity index (χ2v) is 16.4. The van der Waals surface area contributed by atoms with Crippen LogP contribution in [0.5, 0.6) is 0 Å². The number of nitrogens with one attached hydrogen (secondary N) is 3. The van der Waals surface area contributed by atoms with Crippen molar-refractivity contribution >= 4 is 54.0 Å². The van der Waals surface area contributed by atoms with Crippen molar-refractivity contribution in [2.24, 2.45) is 4.99 Å². The van der Waals surface area contributed by atoms with Gasteiger partial charge in [-0.05, 0) is 71.2 Å². The summed E-state index contributed by atoms with van der Waals surface area (Å²) in [6.45, 7) is 20.8. The van der Waals surface area contributed by atoms with E-state index in [1.54, 1.807) is 67.2 Å². The number of hydrogen-bond acceptors (Lipinski definition) is 9. The molecule has 2 aliphatic heterocycles. The average Bonchev–Trinajstić information content (AvgIpc) is 3.05. The summed E-state index contributed by atoms with van der Waals surface area (Å²) in [7, 11) is 0. The van der Waals surface area contributed by atoms with Crippen molar-refractivity contribution in [2.75, 3.05) is 25.0 Å². The Morgan fingerprint density at radius 3 is 2.02 bits per heavy atom. The molecular weight excluding hydrogens is 701 g/mol. The number of rotatable bonds is 5. The molecule has 2 aromatic rings. The number of alkyl carbamates (subject to hydrolysis) is 2. The van der Waals surface area contributed by atoms with Crippen LogP contribution in [0.2, 0.25) is 0 Å². The minimum Gasteiger partial charge on any atom is -0.444 e. The summed E-state index contributed by atoms with van der Waals surface area (Å²) >= 11 is 0. The SMILES string of the molecule is Cc1cc(C2=CCN(C(=BC#N)NC(=O)OC(C)(C)C)CC2)ccc1C(=O)Nc1ccc2c(c1)CCN(C(=NC(=O)OC(C)(C)C)NC(=O)OC(C)(C)C)C2. The number of carbonyl (C=O) groups is 4. The first-order valence-electron chi connectivity index (χ1n) is 18.2. The van der Waals surface area contributed by atoms with Crippen molar-refractivity contribution in [3.8, 4) is 5.97 Å². The second kappa shape index (κ2) is 17.2. The quantitative estimate of drug-likeness (QED) is 0.136. The van der Waals surface area contributed by atoms with Gasteiger partial charge in [-0.2, -0.15) is 0 Å². The van der Waals surface area contributed by atoms with E-state index in [4.69, 9.17) is 14.2 Å². The summed E-state index contributed by atoms with van der Waals surface area (Å²) < 4.78 is 16.1. The molecule has 55 heavy (non-hydrogen) atoms. The Balaban J connectivity index is 1.42. The number of nitrogens with zero attached hydrogens (tertiary/aromatic N) is 4. The molecule has 0 fully saturated rings. The maximum absolute atomic E-state index is 13.5. The monoisotopic (exact) mass is 753 g/mol. The first kappa shape index (κ1) is 42.1. The molecular formula is C40H52BN7O7. The molecule has 14 nitrogen and oxygen atoms in total. The molecule has 4 amide bonds. The van der Waals surface area contributed by atoms with Gasteiger partial charge in [-0.15, -0.1) is 4.99 Å². The van der Waals surface area contributed by atoms with Gasteiger partial charge in [0.15, 0.2) is 0 Å². The zero-order valence-corrected chi connectivity index (χ0v) is 33.5.